The number of nitrogens with one attached hydrogen (secondary N) is 1. The van der Waals surface area contributed by atoms with Crippen LogP contribution < -0.4 is 5.56 Å². The molecule has 3 heterocycles. The Morgan fingerprint density at radius 2 is 2.00 bits per heavy atom. The minimum atomic E-state index is -1.11. The van der Waals surface area contributed by atoms with E-state index in [9.17, 15) is 9.59 Å². The highest BCUT2D eigenvalue weighted by atomic mass is 35.5. The van der Waals surface area contributed by atoms with E-state index in [-0.39, 0.29) is 27.7 Å². The van der Waals surface area contributed by atoms with Gasteiger partial charge in [-0.3, -0.25) is 14.5 Å². The molecule has 30 heavy (non-hydrogen) atoms. The van der Waals surface area contributed by atoms with Crippen molar-refractivity contribution in [2.45, 2.75) is 53.0 Å². The maximum absolute atomic E-state index is 12.8. The molecule has 0 amide bonds. The molecule has 1 aliphatic carbocycles. The van der Waals surface area contributed by atoms with Crippen molar-refractivity contribution < 1.29 is 9.90 Å². The zero-order valence-corrected chi connectivity index (χ0v) is 18.0. The topological polar surface area (TPSA) is 119 Å². The number of aromatic amines is 1. The van der Waals surface area contributed by atoms with E-state index < -0.39 is 5.97 Å². The summed E-state index contributed by atoms with van der Waals surface area (Å²) in [5.74, 6) is 0.124. The fourth-order valence-corrected chi connectivity index (χ4v) is 4.51. The largest absolute Gasteiger partial charge is 0.478 e. The molecule has 0 aliphatic heterocycles. The first kappa shape index (κ1) is 20.6. The Morgan fingerprint density at radius 1 is 1.30 bits per heavy atom. The zero-order chi connectivity index (χ0) is 21.6. The van der Waals surface area contributed by atoms with E-state index in [2.05, 4.69) is 40.9 Å². The molecule has 0 aromatic carbocycles. The molecule has 0 saturated heterocycles. The summed E-state index contributed by atoms with van der Waals surface area (Å²) in [6, 6.07) is 0. The molecule has 160 valence electrons. The van der Waals surface area contributed by atoms with Gasteiger partial charge in [0.15, 0.2) is 10.7 Å². The van der Waals surface area contributed by atoms with Crippen LogP contribution in [0, 0.1) is 17.3 Å². The first-order chi connectivity index (χ1) is 14.1. The molecule has 10 heteroatoms. The van der Waals surface area contributed by atoms with Crippen LogP contribution in [0.5, 0.6) is 0 Å². The molecular weight excluding hydrogens is 408 g/mol. The highest BCUT2D eigenvalue weighted by molar-refractivity contribution is 6.33. The molecular formula is C20H25ClN6O3. The van der Waals surface area contributed by atoms with Gasteiger partial charge in [-0.25, -0.2) is 14.5 Å². The first-order valence-electron chi connectivity index (χ1n) is 10.1. The van der Waals surface area contributed by atoms with Crippen LogP contribution in [0.1, 0.15) is 56.8 Å². The zero-order valence-electron chi connectivity index (χ0n) is 17.2. The second kappa shape index (κ2) is 7.54. The molecule has 0 radical (unpaired) electrons. The Hall–Kier alpha value is -2.68. The summed E-state index contributed by atoms with van der Waals surface area (Å²) in [6.07, 6.45) is 6.99. The van der Waals surface area contributed by atoms with Gasteiger partial charge in [-0.1, -0.05) is 32.4 Å². The number of halogens is 1. The maximum atomic E-state index is 12.8. The van der Waals surface area contributed by atoms with E-state index in [1.165, 1.54) is 29.9 Å². The quantitative estimate of drug-likeness (QED) is 0.651. The average Bonchev–Trinajstić information content (AvgIpc) is 3.27. The lowest BCUT2D eigenvalue weighted by atomic mass is 9.70. The van der Waals surface area contributed by atoms with Crippen LogP contribution in [0.3, 0.4) is 0 Å². The van der Waals surface area contributed by atoms with Gasteiger partial charge in [0, 0.05) is 12.7 Å². The van der Waals surface area contributed by atoms with E-state index in [1.54, 1.807) is 4.68 Å². The summed E-state index contributed by atoms with van der Waals surface area (Å²) in [5, 5.41) is 17.5. The molecule has 0 spiro atoms. The minimum absolute atomic E-state index is 0.00889. The van der Waals surface area contributed by atoms with Crippen LogP contribution in [-0.4, -0.2) is 40.6 Å². The van der Waals surface area contributed by atoms with Gasteiger partial charge in [0.05, 0.1) is 11.8 Å². The summed E-state index contributed by atoms with van der Waals surface area (Å²) in [7, 11) is 0. The van der Waals surface area contributed by atoms with Crippen LogP contribution in [0.15, 0.2) is 17.2 Å². The van der Waals surface area contributed by atoms with Gasteiger partial charge in [-0.15, -0.1) is 0 Å². The Bertz CT molecular complexity index is 1150. The Balaban J connectivity index is 1.60. The van der Waals surface area contributed by atoms with Gasteiger partial charge in [0.2, 0.25) is 5.95 Å². The molecule has 1 fully saturated rings. The summed E-state index contributed by atoms with van der Waals surface area (Å²) >= 11 is 6.29. The van der Waals surface area contributed by atoms with Crippen molar-refractivity contribution in [3.63, 3.8) is 0 Å². The molecule has 1 aliphatic rings. The highest BCUT2D eigenvalue weighted by Gasteiger charge is 2.30. The second-order valence-corrected chi connectivity index (χ2v) is 9.48. The number of hydrogen-bond acceptors (Lipinski definition) is 5. The number of carboxylic acids is 1. The molecule has 0 bridgehead atoms. The lowest BCUT2D eigenvalue weighted by Crippen LogP contribution is -2.28. The molecule has 3 aromatic heterocycles. The summed E-state index contributed by atoms with van der Waals surface area (Å²) in [6.45, 7) is 7.50. The van der Waals surface area contributed by atoms with Crippen molar-refractivity contribution >= 4 is 28.6 Å². The molecule has 2 N–H and O–H groups in total. The van der Waals surface area contributed by atoms with Crippen molar-refractivity contribution in [1.29, 1.82) is 0 Å². The summed E-state index contributed by atoms with van der Waals surface area (Å²) < 4.78 is 2.85. The van der Waals surface area contributed by atoms with Crippen molar-refractivity contribution in [1.82, 2.24) is 29.5 Å². The number of fused-ring (bicyclic) bond motifs is 1. The smallest absolute Gasteiger partial charge is 0.338 e. The van der Waals surface area contributed by atoms with Crippen LogP contribution in [0.25, 0.3) is 17.0 Å². The van der Waals surface area contributed by atoms with Gasteiger partial charge in [-0.05, 0) is 42.9 Å². The lowest BCUT2D eigenvalue weighted by molar-refractivity contribution is 0.0697. The number of carbonyl (C=O) groups is 1. The number of carboxylic acid groups (broad SMARTS) is 1. The minimum Gasteiger partial charge on any atom is -0.478 e. The van der Waals surface area contributed by atoms with Crippen molar-refractivity contribution in [3.05, 3.63) is 33.5 Å². The number of hydrogen-bond donors (Lipinski definition) is 2. The predicted octanol–water partition coefficient (Wildman–Crippen LogP) is 3.51. The molecule has 0 atom stereocenters. The summed E-state index contributed by atoms with van der Waals surface area (Å²) in [5.41, 5.74) is 0.533. The first-order valence-corrected chi connectivity index (χ1v) is 10.5. The van der Waals surface area contributed by atoms with E-state index in [0.29, 0.717) is 29.3 Å². The number of aromatic carboxylic acids is 1. The predicted molar refractivity (Wildman–Crippen MR) is 112 cm³/mol. The monoisotopic (exact) mass is 432 g/mol. The second-order valence-electron chi connectivity index (χ2n) is 9.12. The molecule has 9 nitrogen and oxygen atoms in total. The maximum Gasteiger partial charge on any atom is 0.338 e. The molecule has 3 aromatic rings. The third kappa shape index (κ3) is 3.86. The number of rotatable bonds is 4. The highest BCUT2D eigenvalue weighted by Crippen LogP contribution is 2.40. The van der Waals surface area contributed by atoms with Crippen molar-refractivity contribution in [2.75, 3.05) is 0 Å². The van der Waals surface area contributed by atoms with Crippen LogP contribution in [-0.2, 0) is 6.54 Å². The van der Waals surface area contributed by atoms with Crippen LogP contribution in [0.4, 0.5) is 0 Å². The van der Waals surface area contributed by atoms with Gasteiger partial charge in [0.1, 0.15) is 5.52 Å². The number of H-pyrrole nitrogens is 1. The Kier molecular flexibility index (Phi) is 5.17. The fourth-order valence-electron chi connectivity index (χ4n) is 4.29. The number of aromatic nitrogens is 6. The molecule has 0 unspecified atom stereocenters. The Morgan fingerprint density at radius 3 is 2.60 bits per heavy atom. The molecule has 4 rings (SSSR count). The van der Waals surface area contributed by atoms with E-state index in [4.69, 9.17) is 16.7 Å². The summed E-state index contributed by atoms with van der Waals surface area (Å²) in [4.78, 5) is 30.9. The molecule has 1 saturated carbocycles. The third-order valence-corrected chi connectivity index (χ3v) is 6.35. The van der Waals surface area contributed by atoms with E-state index in [0.717, 1.165) is 12.8 Å². The van der Waals surface area contributed by atoms with Crippen LogP contribution >= 0.6 is 11.6 Å². The van der Waals surface area contributed by atoms with Gasteiger partial charge >= 0.3 is 5.97 Å². The van der Waals surface area contributed by atoms with Crippen LogP contribution in [0.2, 0.25) is 5.15 Å². The van der Waals surface area contributed by atoms with Crippen molar-refractivity contribution in [3.8, 4) is 5.95 Å². The van der Waals surface area contributed by atoms with Crippen molar-refractivity contribution in [2.24, 2.45) is 17.3 Å². The van der Waals surface area contributed by atoms with E-state index >= 15 is 0 Å². The lowest BCUT2D eigenvalue weighted by Gasteiger charge is -2.37. The van der Waals surface area contributed by atoms with E-state index in [1.807, 2.05) is 0 Å². The number of nitrogens with zero attached hydrogens (tertiary/aromatic N) is 5. The standard InChI is InChI=1S/C20H25ClN6O3/c1-20(2,3)13-6-4-11(5-7-13)9-26-15-14(16(21)25-26)23-19(24-17(15)28)27-10-12(8-22-27)18(29)30/h8,10-11,13H,4-7,9H2,1-3H3,(H,29,30)(H,23,24,28). The van der Waals surface area contributed by atoms with Gasteiger partial charge < -0.3 is 5.11 Å². The fraction of sp³-hybridized carbons (Fsp3) is 0.550. The Labute approximate surface area is 178 Å². The SMILES string of the molecule is CC(C)(C)C1CCC(Cn2nc(Cl)c3nc(-n4cc(C(=O)O)cn4)[nH]c(=O)c32)CC1. The third-order valence-electron chi connectivity index (χ3n) is 6.09. The van der Waals surface area contributed by atoms with Gasteiger partial charge in [-0.2, -0.15) is 10.2 Å². The van der Waals surface area contributed by atoms with Gasteiger partial charge in [0.25, 0.3) is 5.56 Å². The normalized spacial score (nSPS) is 20.0. The average molecular weight is 433 g/mol.